The van der Waals surface area contributed by atoms with Gasteiger partial charge in [0.1, 0.15) is 0 Å². The summed E-state index contributed by atoms with van der Waals surface area (Å²) < 4.78 is 711. The molecule has 0 aliphatic heterocycles. The third-order valence-corrected chi connectivity index (χ3v) is 16.4. The summed E-state index contributed by atoms with van der Waals surface area (Å²) in [5.74, 6) is -181. The Labute approximate surface area is 518 Å². The first-order valence-corrected chi connectivity index (χ1v) is 26.0. The lowest BCUT2D eigenvalue weighted by Gasteiger charge is -2.42. The molecule has 578 valence electrons. The van der Waals surface area contributed by atoms with E-state index in [1.165, 1.54) is 0 Å². The van der Waals surface area contributed by atoms with Crippen molar-refractivity contribution in [2.45, 2.75) is 181 Å². The van der Waals surface area contributed by atoms with E-state index in [0.717, 1.165) is 0 Å². The van der Waals surface area contributed by atoms with Crippen molar-refractivity contribution in [2.24, 2.45) is 0 Å². The number of rotatable bonds is 30. The molecule has 100 heavy (non-hydrogen) atoms. The normalized spacial score (nSPS) is 16.1. The zero-order valence-corrected chi connectivity index (χ0v) is 46.8. The van der Waals surface area contributed by atoms with E-state index < -0.39 is 222 Å². The third-order valence-electron chi connectivity index (χ3n) is 14.1. The molecule has 3 aromatic carbocycles. The fraction of sp³-hybridized carbons (Fsp3) is 0.625. The van der Waals surface area contributed by atoms with Gasteiger partial charge in [-0.15, -0.1) is 0 Å². The summed E-state index contributed by atoms with van der Waals surface area (Å²) in [4.78, 5) is 0. The van der Waals surface area contributed by atoms with E-state index >= 15 is 26.3 Å². The maximum Gasteiger partial charge on any atom is 0.460 e. The van der Waals surface area contributed by atoms with Crippen LogP contribution in [0.4, 0.5) is 224 Å². The van der Waals surface area contributed by atoms with Crippen LogP contribution in [0.25, 0.3) is 0 Å². The van der Waals surface area contributed by atoms with Crippen molar-refractivity contribution >= 4 is 23.8 Å². The van der Waals surface area contributed by atoms with E-state index in [1.807, 2.05) is 0 Å². The Morgan fingerprint density at radius 1 is 0.180 bits per heavy atom. The molecular formula is C48H24F51P. The van der Waals surface area contributed by atoms with Crippen LogP contribution >= 0.6 is 7.92 Å². The van der Waals surface area contributed by atoms with Gasteiger partial charge in [0.15, 0.2) is 0 Å². The molecule has 0 N–H and O–H groups in total. The molecule has 0 unspecified atom stereocenters. The predicted octanol–water partition coefficient (Wildman–Crippen LogP) is 21.3. The summed E-state index contributed by atoms with van der Waals surface area (Å²) in [7, 11) is -3.46. The molecule has 0 saturated carbocycles. The minimum absolute atomic E-state index is 0.127. The number of alkyl halides is 51. The second kappa shape index (κ2) is 25.4. The summed E-state index contributed by atoms with van der Waals surface area (Å²) in [6.45, 7) is 0. The highest BCUT2D eigenvalue weighted by atomic mass is 31.1. The van der Waals surface area contributed by atoms with Crippen LogP contribution in [0.2, 0.25) is 0 Å². The quantitative estimate of drug-likeness (QED) is 0.0461. The van der Waals surface area contributed by atoms with Gasteiger partial charge in [-0.2, -0.15) is 224 Å². The number of hydrogen-bond acceptors (Lipinski definition) is 0. The van der Waals surface area contributed by atoms with Gasteiger partial charge in [-0.05, 0) is 59.8 Å². The average Bonchev–Trinajstić information content (AvgIpc) is 0.706. The molecule has 0 spiro atoms. The molecule has 0 saturated heterocycles. The van der Waals surface area contributed by atoms with Gasteiger partial charge in [0.2, 0.25) is 0 Å². The van der Waals surface area contributed by atoms with Crippen molar-refractivity contribution in [1.82, 2.24) is 0 Å². The van der Waals surface area contributed by atoms with Crippen molar-refractivity contribution in [3.63, 3.8) is 0 Å². The summed E-state index contributed by atoms with van der Waals surface area (Å²) in [5.41, 5.74) is -3.92. The van der Waals surface area contributed by atoms with Gasteiger partial charge < -0.3 is 0 Å². The maximum absolute atomic E-state index is 15.0. The average molecular weight is 1600 g/mol. The Balaban J connectivity index is 2.31. The SMILES string of the molecule is FC(F)(F)C(F)(F)C(F)(F)C(F)(F)C(F)(F)C(F)(F)C(F)(F)C(F)(F)CCc1cccc(P(c2cccc(CCC(F)(F)C(F)(F)C(F)(F)C(F)(F)C(F)(F)C(F)(F)C(F)(F)C(F)(F)F)c2)c2cccc(CCC(F)(F)C(F)(F)C(F)(F)C(F)(F)C(F)(F)C(F)(F)C(F)(F)C(F)(F)F)c2)c1. The second-order valence-corrected chi connectivity index (χ2v) is 23.0. The fourth-order valence-corrected chi connectivity index (χ4v) is 10.4. The monoisotopic (exact) mass is 1600 g/mol. The molecule has 0 aliphatic rings. The second-order valence-electron chi connectivity index (χ2n) is 20.8. The van der Waals surface area contributed by atoms with E-state index in [-0.39, 0.29) is 36.4 Å². The zero-order chi connectivity index (χ0) is 79.8. The molecule has 3 aromatic rings. The highest BCUT2D eigenvalue weighted by Crippen LogP contribution is 2.68. The predicted molar refractivity (Wildman–Crippen MR) is 232 cm³/mol. The fourth-order valence-electron chi connectivity index (χ4n) is 7.96. The van der Waals surface area contributed by atoms with Gasteiger partial charge in [0.25, 0.3) is 0 Å². The number of benzene rings is 3. The van der Waals surface area contributed by atoms with Crippen molar-refractivity contribution < 1.29 is 224 Å². The van der Waals surface area contributed by atoms with E-state index in [2.05, 4.69) is 0 Å². The molecule has 52 heteroatoms. The van der Waals surface area contributed by atoms with Gasteiger partial charge in [-0.25, -0.2) is 0 Å². The van der Waals surface area contributed by atoms with Crippen LogP contribution in [0.15, 0.2) is 72.8 Å². The van der Waals surface area contributed by atoms with E-state index in [9.17, 15) is 198 Å². The molecule has 0 nitrogen and oxygen atoms in total. The smallest absolute Gasteiger partial charge is 0.200 e. The van der Waals surface area contributed by atoms with Crippen LogP contribution in [-0.2, 0) is 19.3 Å². The summed E-state index contributed by atoms with van der Waals surface area (Å²) in [5, 5.41) is -3.00. The maximum atomic E-state index is 15.0. The zero-order valence-electron chi connectivity index (χ0n) is 45.9. The van der Waals surface area contributed by atoms with Crippen LogP contribution in [0.5, 0.6) is 0 Å². The topological polar surface area (TPSA) is 0 Å². The molecule has 0 amide bonds. The van der Waals surface area contributed by atoms with Crippen LogP contribution < -0.4 is 15.9 Å². The number of aryl methyl sites for hydroxylation is 3. The summed E-state index contributed by atoms with van der Waals surface area (Å²) in [6.07, 6.45) is -41.3. The molecule has 0 aromatic heterocycles. The third kappa shape index (κ3) is 13.1. The molecule has 0 aliphatic carbocycles. The molecule has 0 fully saturated rings. The Morgan fingerprint density at radius 2 is 0.320 bits per heavy atom. The highest BCUT2D eigenvalue weighted by molar-refractivity contribution is 7.79. The lowest BCUT2D eigenvalue weighted by atomic mass is 9.87. The summed E-state index contributed by atoms with van der Waals surface area (Å²) in [6, 6.07) is 3.41. The lowest BCUT2D eigenvalue weighted by molar-refractivity contribution is -0.461. The first-order valence-electron chi connectivity index (χ1n) is 24.6. The van der Waals surface area contributed by atoms with Gasteiger partial charge >= 0.3 is 143 Å². The van der Waals surface area contributed by atoms with Crippen LogP contribution in [-0.4, -0.2) is 143 Å². The lowest BCUT2D eigenvalue weighted by Crippen LogP contribution is -2.74. The van der Waals surface area contributed by atoms with Crippen LogP contribution in [0.1, 0.15) is 36.0 Å². The van der Waals surface area contributed by atoms with Crippen LogP contribution in [0.3, 0.4) is 0 Å². The van der Waals surface area contributed by atoms with Crippen molar-refractivity contribution in [3.8, 4) is 0 Å². The Bertz CT molecular complexity index is 2990. The van der Waals surface area contributed by atoms with E-state index in [4.69, 9.17) is 0 Å². The van der Waals surface area contributed by atoms with Crippen molar-refractivity contribution in [2.75, 3.05) is 0 Å². The van der Waals surface area contributed by atoms with Crippen molar-refractivity contribution in [3.05, 3.63) is 89.5 Å². The first kappa shape index (κ1) is 88.7. The molecule has 3 rings (SSSR count). The molecule has 0 atom stereocenters. The highest BCUT2D eigenvalue weighted by Gasteiger charge is 2.98. The van der Waals surface area contributed by atoms with Gasteiger partial charge in [-0.3, -0.25) is 0 Å². The molecular weight excluding hydrogens is 1580 g/mol. The first-order chi connectivity index (χ1) is 43.4. The van der Waals surface area contributed by atoms with E-state index in [1.54, 1.807) is 0 Å². The Morgan fingerprint density at radius 3 is 0.470 bits per heavy atom. The standard InChI is InChI=1S/C48H24F51P/c49-25(50,28(55,56)31(61,62)34(67,68)37(73,74)40(79,80)43(85,86)46(91,92)93)13-10-19-4-1-7-22(16-19)100(23-8-2-5-20(17-23)11-14-26(51,52)29(57,58)32(63,64)35(69,70)38(75,76)41(81,82)44(87,88)47(94,95)96)24-9-3-6-21(18-24)12-15-27(53,54)30(59,60)33(65,66)36(71,72)39(77,78)42(83,84)45(89,90)48(97,98)99/h1-9,16-18H,10-15H2. The molecule has 0 bridgehead atoms. The molecule has 0 heterocycles. The van der Waals surface area contributed by atoms with Crippen LogP contribution in [0, 0.1) is 0 Å². The Kier molecular flexibility index (Phi) is 22.5. The van der Waals surface area contributed by atoms with Crippen molar-refractivity contribution in [1.29, 1.82) is 0 Å². The minimum atomic E-state index is -9.14. The van der Waals surface area contributed by atoms with Gasteiger partial charge in [0.05, 0.1) is 0 Å². The summed E-state index contributed by atoms with van der Waals surface area (Å²) >= 11 is 0. The molecule has 0 radical (unpaired) electrons. The largest absolute Gasteiger partial charge is 0.460 e. The number of halogens is 51. The Hall–Kier alpha value is -5.48. The van der Waals surface area contributed by atoms with Gasteiger partial charge in [0, 0.05) is 19.3 Å². The minimum Gasteiger partial charge on any atom is -0.200 e. The number of hydrogen-bond donors (Lipinski definition) is 0. The van der Waals surface area contributed by atoms with E-state index in [0.29, 0.717) is 36.4 Å². The van der Waals surface area contributed by atoms with Gasteiger partial charge in [-0.1, -0.05) is 72.8 Å².